The van der Waals surface area contributed by atoms with Crippen LogP contribution in [0, 0.1) is 4.91 Å². The number of benzene rings is 1. The Bertz CT molecular complexity index is 757. The molecule has 25 heavy (non-hydrogen) atoms. The third-order valence-corrected chi connectivity index (χ3v) is 6.44. The molecule has 0 aliphatic carbocycles. The standard InChI is InChI=1S/C21H27NO2S/c1-7-21(8-2,20-12-11-19(25-20)15(5)24-6)16-9-10-18(22-23)17(13-16)14(3)4/h9-14H,5,7-8H2,1-4,6H3. The molecular weight excluding hydrogens is 330 g/mol. The van der Waals surface area contributed by atoms with E-state index < -0.39 is 0 Å². The van der Waals surface area contributed by atoms with Crippen molar-refractivity contribution in [2.24, 2.45) is 5.18 Å². The fourth-order valence-electron chi connectivity index (χ4n) is 3.39. The number of nitroso groups, excluding NO2 is 1. The second kappa shape index (κ2) is 7.96. The highest BCUT2D eigenvalue weighted by Crippen LogP contribution is 2.44. The van der Waals surface area contributed by atoms with Crippen LogP contribution in [0.5, 0.6) is 0 Å². The fourth-order valence-corrected chi connectivity index (χ4v) is 4.70. The number of rotatable bonds is 8. The average Bonchev–Trinajstić information content (AvgIpc) is 3.13. The molecule has 134 valence electrons. The minimum atomic E-state index is -0.0814. The van der Waals surface area contributed by atoms with E-state index >= 15 is 0 Å². The molecule has 1 aromatic heterocycles. The van der Waals surface area contributed by atoms with Gasteiger partial charge in [-0.2, -0.15) is 0 Å². The lowest BCUT2D eigenvalue weighted by atomic mass is 9.73. The van der Waals surface area contributed by atoms with Crippen LogP contribution in [-0.4, -0.2) is 7.11 Å². The van der Waals surface area contributed by atoms with Crippen LogP contribution in [0.15, 0.2) is 42.1 Å². The first-order valence-corrected chi connectivity index (χ1v) is 9.56. The van der Waals surface area contributed by atoms with Crippen LogP contribution in [0.4, 0.5) is 5.69 Å². The summed E-state index contributed by atoms with van der Waals surface area (Å²) < 4.78 is 5.28. The minimum Gasteiger partial charge on any atom is -0.496 e. The van der Waals surface area contributed by atoms with Gasteiger partial charge < -0.3 is 4.74 Å². The molecule has 1 aromatic carbocycles. The molecule has 0 saturated carbocycles. The lowest BCUT2D eigenvalue weighted by Gasteiger charge is -2.32. The van der Waals surface area contributed by atoms with Crippen LogP contribution < -0.4 is 0 Å². The maximum atomic E-state index is 11.1. The quantitative estimate of drug-likeness (QED) is 0.377. The SMILES string of the molecule is C=C(OC)c1ccc(C(CC)(CC)c2ccc(N=O)c(C(C)C)c2)s1. The van der Waals surface area contributed by atoms with Crippen molar-refractivity contribution in [3.05, 3.63) is 62.7 Å². The van der Waals surface area contributed by atoms with Crippen LogP contribution in [0.2, 0.25) is 0 Å². The first kappa shape index (κ1) is 19.4. The summed E-state index contributed by atoms with van der Waals surface area (Å²) in [4.78, 5) is 13.5. The van der Waals surface area contributed by atoms with Crippen molar-refractivity contribution in [1.29, 1.82) is 0 Å². The van der Waals surface area contributed by atoms with Gasteiger partial charge in [-0.05, 0) is 53.3 Å². The van der Waals surface area contributed by atoms with Crippen molar-refractivity contribution in [2.45, 2.75) is 51.9 Å². The monoisotopic (exact) mass is 357 g/mol. The third kappa shape index (κ3) is 3.54. The summed E-state index contributed by atoms with van der Waals surface area (Å²) in [5.41, 5.74) is 2.71. The van der Waals surface area contributed by atoms with Gasteiger partial charge in [0.15, 0.2) is 0 Å². The molecule has 4 heteroatoms. The first-order chi connectivity index (χ1) is 11.9. The second-order valence-corrected chi connectivity index (χ2v) is 7.68. The van der Waals surface area contributed by atoms with Gasteiger partial charge in [0, 0.05) is 10.3 Å². The predicted molar refractivity (Wildman–Crippen MR) is 108 cm³/mol. The molecule has 0 spiro atoms. The first-order valence-electron chi connectivity index (χ1n) is 8.74. The van der Waals surface area contributed by atoms with Crippen LogP contribution in [0.3, 0.4) is 0 Å². The molecule has 0 bridgehead atoms. The molecule has 0 unspecified atom stereocenters. The summed E-state index contributed by atoms with van der Waals surface area (Å²) in [6, 6.07) is 10.3. The average molecular weight is 358 g/mol. The Kier molecular flexibility index (Phi) is 6.17. The van der Waals surface area contributed by atoms with E-state index in [1.165, 1.54) is 10.4 Å². The molecule has 2 aromatic rings. The Morgan fingerprint density at radius 1 is 1.24 bits per heavy atom. The van der Waals surface area contributed by atoms with Gasteiger partial charge in [0.05, 0.1) is 12.0 Å². The Labute approximate surface area is 154 Å². The topological polar surface area (TPSA) is 38.7 Å². The molecule has 0 amide bonds. The molecule has 0 fully saturated rings. The highest BCUT2D eigenvalue weighted by atomic mass is 32.1. The van der Waals surface area contributed by atoms with Crippen molar-refractivity contribution in [3.8, 4) is 0 Å². The summed E-state index contributed by atoms with van der Waals surface area (Å²) in [5, 5.41) is 3.20. The van der Waals surface area contributed by atoms with E-state index in [9.17, 15) is 4.91 Å². The smallest absolute Gasteiger partial charge is 0.128 e. The van der Waals surface area contributed by atoms with Crippen LogP contribution in [0.25, 0.3) is 5.76 Å². The zero-order valence-corrected chi connectivity index (χ0v) is 16.6. The van der Waals surface area contributed by atoms with Gasteiger partial charge in [-0.15, -0.1) is 16.2 Å². The summed E-state index contributed by atoms with van der Waals surface area (Å²) >= 11 is 1.73. The molecule has 3 nitrogen and oxygen atoms in total. The third-order valence-electron chi connectivity index (χ3n) is 5.11. The van der Waals surface area contributed by atoms with E-state index in [4.69, 9.17) is 4.74 Å². The van der Waals surface area contributed by atoms with Crippen molar-refractivity contribution in [2.75, 3.05) is 7.11 Å². The molecule has 0 saturated heterocycles. The number of ether oxygens (including phenoxy) is 1. The second-order valence-electron chi connectivity index (χ2n) is 6.60. The molecular formula is C21H27NO2S. The fraction of sp³-hybridized carbons (Fsp3) is 0.429. The zero-order valence-electron chi connectivity index (χ0n) is 15.8. The highest BCUT2D eigenvalue weighted by Gasteiger charge is 2.33. The van der Waals surface area contributed by atoms with Crippen molar-refractivity contribution < 1.29 is 4.74 Å². The number of hydrogen-bond acceptors (Lipinski definition) is 4. The molecule has 0 aliphatic rings. The molecule has 1 heterocycles. The van der Waals surface area contributed by atoms with Gasteiger partial charge in [0.25, 0.3) is 0 Å². The minimum absolute atomic E-state index is 0.0814. The van der Waals surface area contributed by atoms with Gasteiger partial charge >= 0.3 is 0 Å². The number of methoxy groups -OCH3 is 1. The zero-order chi connectivity index (χ0) is 18.6. The Hall–Kier alpha value is -1.94. The summed E-state index contributed by atoms with van der Waals surface area (Å²) in [7, 11) is 1.65. The van der Waals surface area contributed by atoms with Gasteiger partial charge in [0.2, 0.25) is 0 Å². The summed E-state index contributed by atoms with van der Waals surface area (Å²) in [6.45, 7) is 12.6. The van der Waals surface area contributed by atoms with E-state index in [0.29, 0.717) is 11.4 Å². The number of nitrogens with zero attached hydrogens (tertiary/aromatic N) is 1. The van der Waals surface area contributed by atoms with Crippen molar-refractivity contribution in [1.82, 2.24) is 0 Å². The molecule has 0 N–H and O–H groups in total. The van der Waals surface area contributed by atoms with E-state index in [1.807, 2.05) is 6.07 Å². The van der Waals surface area contributed by atoms with Crippen molar-refractivity contribution >= 4 is 22.8 Å². The molecule has 0 atom stereocenters. The molecule has 2 rings (SSSR count). The van der Waals surface area contributed by atoms with Crippen LogP contribution >= 0.6 is 11.3 Å². The van der Waals surface area contributed by atoms with E-state index in [1.54, 1.807) is 18.4 Å². The Morgan fingerprint density at radius 2 is 1.92 bits per heavy atom. The van der Waals surface area contributed by atoms with Gasteiger partial charge in [-0.3, -0.25) is 0 Å². The van der Waals surface area contributed by atoms with Crippen LogP contribution in [-0.2, 0) is 10.2 Å². The largest absolute Gasteiger partial charge is 0.496 e. The number of hydrogen-bond donors (Lipinski definition) is 0. The van der Waals surface area contributed by atoms with Gasteiger partial charge in [-0.1, -0.05) is 46.4 Å². The van der Waals surface area contributed by atoms with Crippen LogP contribution in [0.1, 0.15) is 67.3 Å². The van der Waals surface area contributed by atoms with E-state index in [-0.39, 0.29) is 11.3 Å². The Balaban J connectivity index is 2.60. The molecule has 0 radical (unpaired) electrons. The lowest BCUT2D eigenvalue weighted by Crippen LogP contribution is -2.25. The summed E-state index contributed by atoms with van der Waals surface area (Å²) in [5.74, 6) is 0.951. The predicted octanol–water partition coefficient (Wildman–Crippen LogP) is 6.99. The molecule has 0 aliphatic heterocycles. The van der Waals surface area contributed by atoms with Gasteiger partial charge in [-0.25, -0.2) is 0 Å². The lowest BCUT2D eigenvalue weighted by molar-refractivity contribution is 0.372. The Morgan fingerprint density at radius 3 is 2.44 bits per heavy atom. The van der Waals surface area contributed by atoms with Crippen molar-refractivity contribution in [3.63, 3.8) is 0 Å². The maximum absolute atomic E-state index is 11.1. The van der Waals surface area contributed by atoms with E-state index in [0.717, 1.165) is 23.3 Å². The maximum Gasteiger partial charge on any atom is 0.128 e. The summed E-state index contributed by atoms with van der Waals surface area (Å²) in [6.07, 6.45) is 1.96. The highest BCUT2D eigenvalue weighted by molar-refractivity contribution is 7.13. The normalized spacial score (nSPS) is 11.6. The van der Waals surface area contributed by atoms with Gasteiger partial charge in [0.1, 0.15) is 11.4 Å². The number of thiophene rings is 1. The van der Waals surface area contributed by atoms with E-state index in [2.05, 4.69) is 63.7 Å².